The second-order valence-corrected chi connectivity index (χ2v) is 31.0. The maximum atomic E-state index is 12.2. The van der Waals surface area contributed by atoms with Crippen LogP contribution in [-0.4, -0.2) is 291 Å². The van der Waals surface area contributed by atoms with E-state index in [0.29, 0.717) is 67.6 Å². The summed E-state index contributed by atoms with van der Waals surface area (Å²) in [6.07, 6.45) is -1.70. The van der Waals surface area contributed by atoms with Gasteiger partial charge in [0.2, 0.25) is 14.6 Å². The highest BCUT2D eigenvalue weighted by Gasteiger charge is 2.48. The van der Waals surface area contributed by atoms with Crippen molar-refractivity contribution in [2.24, 2.45) is 5.73 Å². The van der Waals surface area contributed by atoms with Crippen LogP contribution < -0.4 is 37.6 Å². The summed E-state index contributed by atoms with van der Waals surface area (Å²) in [6, 6.07) is 11.6. The number of urea groups is 3. The topological polar surface area (TPSA) is 390 Å². The standard InChI is InChI=1S/C18H4.2C13H13N3O4.C8H6O3.C8H12O3.C8H16O2Si.C5H9N3O2.2CH4.B18/c1-3-5-7-9-11-13-15-17-18-16-14-12-10-8-6-4-2;1-13(11(19)14-12(20)15-13)6-16-5-7-4-8(17)2-3-9(7)10(16)18;1-13(11(19)14-12(20)15-13)6-16-5-7-2-3-8(17)4-9(7)10(16)18;9-4-6-1-2-8(11)3-7(6)5-10;1-3-10-8(11-4-2)6-5-7-9;1-8(6-7-9-2)10-11(3,4)5;1-5(2-6)3(9)7-4(10)8-5;;;1-11(2)16(12(3)4)18(15(9)10)17(13(5)6)14(7)8/h1-2H2;2*2-4,17H,5-6H2,1H3,(H2,14,15,19,20);1-5,11H;7-8H,3-4H2,1-2H3;6-7H,1H2,2-5H3;2,6H2,1H3,(H2,7,8,9,10);2*1H4;/b;;;;;7-6+;;;;. The molecule has 0 saturated carbocycles. The van der Waals surface area contributed by atoms with Crippen LogP contribution in [0.4, 0.5) is 14.4 Å². The van der Waals surface area contributed by atoms with E-state index in [1.807, 2.05) is 13.8 Å². The normalized spacial score (nSPS) is 15.4. The van der Waals surface area contributed by atoms with Crippen LogP contribution in [-0.2, 0) is 50.9 Å². The van der Waals surface area contributed by atoms with Gasteiger partial charge in [-0.3, -0.25) is 54.3 Å². The zero-order valence-electron chi connectivity index (χ0n) is 67.1. The van der Waals surface area contributed by atoms with Gasteiger partial charge < -0.3 is 65.4 Å². The summed E-state index contributed by atoms with van der Waals surface area (Å²) >= 11 is 0. The molecule has 3 saturated heterocycles. The molecule has 0 aromatic heterocycles. The number of fused-ring (bicyclic) bond motifs is 2. The number of allylic oxidation sites excluding steroid dienone is 1. The summed E-state index contributed by atoms with van der Waals surface area (Å²) < 4.78 is 20.3. The summed E-state index contributed by atoms with van der Waals surface area (Å²) in [4.78, 5) is 125. The van der Waals surface area contributed by atoms with Crippen LogP contribution in [0.1, 0.15) is 102 Å². The lowest BCUT2D eigenvalue weighted by atomic mass is 8.41. The third kappa shape index (κ3) is 39.6. The highest BCUT2D eigenvalue weighted by Crippen LogP contribution is 2.30. The molecule has 8 rings (SSSR count). The van der Waals surface area contributed by atoms with E-state index < -0.39 is 112 Å². The van der Waals surface area contributed by atoms with E-state index in [4.69, 9.17) is 107 Å². The highest BCUT2D eigenvalue weighted by atomic mass is 28.4. The van der Waals surface area contributed by atoms with Gasteiger partial charge in [0.1, 0.15) is 33.9 Å². The third-order valence-electron chi connectivity index (χ3n) is 15.9. The number of carbonyl (C=O) groups is 11. The zero-order valence-corrected chi connectivity index (χ0v) is 68.1. The summed E-state index contributed by atoms with van der Waals surface area (Å²) in [5, 5.41) is 41.6. The first-order valence-electron chi connectivity index (χ1n) is 35.4. The molecule has 20 radical (unpaired) electrons. The van der Waals surface area contributed by atoms with E-state index >= 15 is 0 Å². The molecule has 5 aliphatic heterocycles. The number of nitrogens with two attached hydrogens (primary N) is 1. The third-order valence-corrected chi connectivity index (χ3v) is 16.7. The maximum Gasteiger partial charge on any atom is 0.322 e. The van der Waals surface area contributed by atoms with Crippen molar-refractivity contribution in [2.45, 2.75) is 105 Å². The maximum absolute atomic E-state index is 12.2. The van der Waals surface area contributed by atoms with Gasteiger partial charge in [-0.15, -0.1) is 0 Å². The minimum atomic E-state index is -1.48. The number of aldehydes is 3. The predicted octanol–water partition coefficient (Wildman–Crippen LogP) is 0.254. The molecule has 0 aliphatic carbocycles. The number of imide groups is 3. The zero-order chi connectivity index (χ0) is 90.4. The smallest absolute Gasteiger partial charge is 0.322 e. The van der Waals surface area contributed by atoms with E-state index in [1.54, 1.807) is 52.4 Å². The molecule has 3 aromatic carbocycles. The molecule has 3 aromatic rings. The Morgan fingerprint density at radius 2 is 0.901 bits per heavy atom. The molecule has 3 fully saturated rings. The molecular formula is C75H81B18N9O18Si. The van der Waals surface area contributed by atoms with Crippen molar-refractivity contribution in [1.29, 1.82) is 0 Å². The van der Waals surface area contributed by atoms with E-state index in [0.717, 1.165) is 5.56 Å². The van der Waals surface area contributed by atoms with Crippen molar-refractivity contribution >= 4 is 203 Å². The van der Waals surface area contributed by atoms with E-state index in [-0.39, 0.29) is 80.6 Å². The van der Waals surface area contributed by atoms with Crippen LogP contribution in [0.15, 0.2) is 184 Å². The molecule has 0 bridgehead atoms. The number of amides is 11. The minimum absolute atomic E-state index is 0. The van der Waals surface area contributed by atoms with Crippen LogP contribution in [0.2, 0.25) is 19.6 Å². The molecule has 46 heteroatoms. The molecule has 5 heterocycles. The lowest BCUT2D eigenvalue weighted by Crippen LogP contribution is -2.78. The molecule has 592 valence electrons. The van der Waals surface area contributed by atoms with Gasteiger partial charge >= 0.3 is 18.1 Å². The number of nitrogens with one attached hydrogen (secondary N) is 6. The van der Waals surface area contributed by atoms with Gasteiger partial charge in [-0.2, -0.15) is 0 Å². The molecule has 3 atom stereocenters. The van der Waals surface area contributed by atoms with Crippen molar-refractivity contribution in [3.05, 3.63) is 218 Å². The fourth-order valence-corrected chi connectivity index (χ4v) is 11.3. The fourth-order valence-electron chi connectivity index (χ4n) is 10.5. The number of hydrogen-bond acceptors (Lipinski definition) is 19. The van der Waals surface area contributed by atoms with Gasteiger partial charge in [-0.1, -0.05) is 39.0 Å². The van der Waals surface area contributed by atoms with Crippen LogP contribution >= 0.6 is 0 Å². The lowest BCUT2D eigenvalue weighted by Gasteiger charge is -2.40. The van der Waals surface area contributed by atoms with Crippen molar-refractivity contribution in [3.8, 4) is 29.1 Å². The number of methoxy groups -OCH3 is 1. The molecule has 11 N–H and O–H groups in total. The average molecular weight is 1620 g/mol. The molecule has 121 heavy (non-hydrogen) atoms. The van der Waals surface area contributed by atoms with Crippen LogP contribution in [0.3, 0.4) is 0 Å². The Balaban J connectivity index is 0. The number of aromatic hydroxyl groups is 3. The molecular weight excluding hydrogens is 1540 g/mol. The van der Waals surface area contributed by atoms with Crippen LogP contribution in [0.5, 0.6) is 17.2 Å². The van der Waals surface area contributed by atoms with Crippen molar-refractivity contribution < 1.29 is 86.7 Å². The molecule has 3 unspecified atom stereocenters. The molecule has 0 spiro atoms. The van der Waals surface area contributed by atoms with E-state index in [9.17, 15) is 63.0 Å². The first kappa shape index (κ1) is 111. The summed E-state index contributed by atoms with van der Waals surface area (Å²) in [5.74, 6) is 3.79. The Bertz CT molecular complexity index is 4820. The highest BCUT2D eigenvalue weighted by molar-refractivity contribution is 8.17. The van der Waals surface area contributed by atoms with Crippen molar-refractivity contribution in [2.75, 3.05) is 40.0 Å². The Morgan fingerprint density at radius 1 is 0.537 bits per heavy atom. The first-order valence-corrected chi connectivity index (χ1v) is 38.8. The fraction of sp³-hybridized carbons (Fsp3) is 0.293. The minimum Gasteiger partial charge on any atom is -0.545 e. The quantitative estimate of drug-likeness (QED) is 0.00942. The van der Waals surface area contributed by atoms with Crippen molar-refractivity contribution in [1.82, 2.24) is 41.7 Å². The van der Waals surface area contributed by atoms with Crippen molar-refractivity contribution in [3.63, 3.8) is 0 Å². The number of rotatable bonds is 22. The van der Waals surface area contributed by atoms with Crippen LogP contribution in [0.25, 0.3) is 0 Å². The van der Waals surface area contributed by atoms with Gasteiger partial charge in [-0.25, -0.2) is 14.4 Å². The van der Waals surface area contributed by atoms with Gasteiger partial charge in [0.15, 0.2) is 18.9 Å². The largest absolute Gasteiger partial charge is 0.545 e. The summed E-state index contributed by atoms with van der Waals surface area (Å²) in [5.41, 5.74) is 44.4. The summed E-state index contributed by atoms with van der Waals surface area (Å²) in [7, 11) is 56.8. The van der Waals surface area contributed by atoms with E-state index in [2.05, 4.69) is 175 Å². The van der Waals surface area contributed by atoms with Crippen LogP contribution in [0, 0.1) is 11.8 Å². The predicted molar refractivity (Wildman–Crippen MR) is 484 cm³/mol. The second-order valence-electron chi connectivity index (χ2n) is 26.6. The Hall–Kier alpha value is -12.0. The Kier molecular flexibility index (Phi) is 51.8. The van der Waals surface area contributed by atoms with Gasteiger partial charge in [-0.05, 0) is 219 Å². The van der Waals surface area contributed by atoms with Gasteiger partial charge in [0.05, 0.1) is 32.2 Å². The average Bonchev–Trinajstić information content (AvgIpc) is 1.62. The molecule has 5 aliphatic rings. The number of benzene rings is 3. The second kappa shape index (κ2) is 56.4. The SMILES string of the molecule is C.C.C=C(/C=C/OC)O[Si](C)(C)C.C=C=C=C=C=C=C=C=C=C=C=C=C=C=C=C=C=C.CC1(CN)NC(=O)NC1=O.CC1(CN2Cc3cc(O)ccc3C2=O)NC(=O)NC1=O.CC1(CN2Cc3ccc(O)cc3C2=O)NC(=O)NC1=O.CCOC(C#CC=O)OCC.O=Cc1ccc(O)cc1C=O.[B]B([B])B(B([B])[B])B(B([B])[B])B(B([B])[B])B([B])[B]. The number of phenolic OH excluding ortho intramolecular Hbond substituents is 3. The van der Waals surface area contributed by atoms with E-state index in [1.165, 1.54) is 52.3 Å². The number of carbonyl (C=O) groups excluding carboxylic acids is 11. The number of hydrogen-bond donors (Lipinski definition) is 10. The summed E-state index contributed by atoms with van der Waals surface area (Å²) in [6.45, 7) is 27.0. The Morgan fingerprint density at radius 3 is 1.24 bits per heavy atom. The first-order chi connectivity index (χ1) is 56.0. The van der Waals surface area contributed by atoms with Gasteiger partial charge in [0, 0.05) is 190 Å². The lowest BCUT2D eigenvalue weighted by molar-refractivity contribution is -0.124. The molecule has 11 amide bonds. The van der Waals surface area contributed by atoms with Gasteiger partial charge in [0.25, 0.3) is 29.5 Å². The number of phenols is 3. The number of nitrogens with zero attached hydrogens (tertiary/aromatic N) is 2. The Labute approximate surface area is 724 Å². The molecule has 27 nitrogen and oxygen atoms in total. The monoisotopic (exact) mass is 1620 g/mol. The number of ether oxygens (including phenoxy) is 3.